The Morgan fingerprint density at radius 3 is 2.26 bits per heavy atom. The van der Waals surface area contributed by atoms with Crippen molar-refractivity contribution in [3.05, 3.63) is 53.6 Å². The second-order valence-electron chi connectivity index (χ2n) is 6.87. The second-order valence-corrected chi connectivity index (χ2v) is 9.22. The molecule has 144 valence electrons. The summed E-state index contributed by atoms with van der Waals surface area (Å²) < 4.78 is 27.2. The van der Waals surface area contributed by atoms with Gasteiger partial charge >= 0.3 is 0 Å². The fraction of sp³-hybridized carbons (Fsp3) is 0.350. The monoisotopic (exact) mass is 403 g/mol. The van der Waals surface area contributed by atoms with Crippen LogP contribution in [0.1, 0.15) is 30.4 Å². The first-order valence-electron chi connectivity index (χ1n) is 9.12. The smallest absolute Gasteiger partial charge is 0.243 e. The van der Waals surface area contributed by atoms with Gasteiger partial charge < -0.3 is 10.6 Å². The molecule has 0 atom stereocenters. The van der Waals surface area contributed by atoms with Gasteiger partial charge in [-0.15, -0.1) is 0 Å². The molecule has 1 fully saturated rings. The molecule has 0 spiro atoms. The molecule has 2 aromatic rings. The third-order valence-corrected chi connectivity index (χ3v) is 6.91. The van der Waals surface area contributed by atoms with Crippen molar-refractivity contribution in [3.63, 3.8) is 0 Å². The van der Waals surface area contributed by atoms with E-state index in [0.29, 0.717) is 28.8 Å². The molecule has 2 N–H and O–H groups in total. The zero-order valence-corrected chi connectivity index (χ0v) is 17.3. The predicted octanol–water partition coefficient (Wildman–Crippen LogP) is 4.29. The lowest BCUT2D eigenvalue weighted by molar-refractivity contribution is 0.346. The van der Waals surface area contributed by atoms with Crippen LogP contribution in [-0.2, 0) is 10.0 Å². The lowest BCUT2D eigenvalue weighted by atomic mass is 10.1. The van der Waals surface area contributed by atoms with Crippen LogP contribution in [0.2, 0.25) is 0 Å². The molecule has 0 bridgehead atoms. The van der Waals surface area contributed by atoms with Crippen LogP contribution >= 0.6 is 12.2 Å². The van der Waals surface area contributed by atoms with Crippen molar-refractivity contribution in [2.75, 3.05) is 23.7 Å². The summed E-state index contributed by atoms with van der Waals surface area (Å²) in [7, 11) is -3.46. The van der Waals surface area contributed by atoms with Crippen LogP contribution < -0.4 is 10.6 Å². The minimum absolute atomic E-state index is 0.295. The average Bonchev–Trinajstić information content (AvgIpc) is 2.65. The number of benzene rings is 2. The predicted molar refractivity (Wildman–Crippen MR) is 115 cm³/mol. The summed E-state index contributed by atoms with van der Waals surface area (Å²) >= 11 is 5.37. The molecular weight excluding hydrogens is 378 g/mol. The second kappa shape index (κ2) is 8.37. The largest absolute Gasteiger partial charge is 0.332 e. The Hall–Kier alpha value is -1.96. The zero-order valence-electron chi connectivity index (χ0n) is 15.7. The van der Waals surface area contributed by atoms with Crippen LogP contribution in [0.15, 0.2) is 47.4 Å². The third kappa shape index (κ3) is 4.86. The van der Waals surface area contributed by atoms with Crippen LogP contribution in [0.25, 0.3) is 0 Å². The van der Waals surface area contributed by atoms with E-state index in [0.717, 1.165) is 24.9 Å². The van der Waals surface area contributed by atoms with Crippen molar-refractivity contribution >= 4 is 38.7 Å². The van der Waals surface area contributed by atoms with Gasteiger partial charge in [-0.3, -0.25) is 0 Å². The Morgan fingerprint density at radius 1 is 0.926 bits per heavy atom. The minimum Gasteiger partial charge on any atom is -0.332 e. The molecule has 1 aliphatic heterocycles. The van der Waals surface area contributed by atoms with Crippen molar-refractivity contribution in [2.45, 2.75) is 38.0 Å². The SMILES string of the molecule is Cc1ccc(NC(=S)Nc2cccc(S(=O)(=O)N3CCCCC3)c2)cc1C. The van der Waals surface area contributed by atoms with Gasteiger partial charge in [0.15, 0.2) is 5.11 Å². The van der Waals surface area contributed by atoms with Crippen molar-refractivity contribution in [3.8, 4) is 0 Å². The highest BCUT2D eigenvalue weighted by atomic mass is 32.2. The number of aryl methyl sites for hydroxylation is 2. The van der Waals surface area contributed by atoms with Gasteiger partial charge in [-0.2, -0.15) is 4.31 Å². The zero-order chi connectivity index (χ0) is 19.4. The van der Waals surface area contributed by atoms with Crippen LogP contribution in [0.5, 0.6) is 0 Å². The number of nitrogens with one attached hydrogen (secondary N) is 2. The van der Waals surface area contributed by atoms with Gasteiger partial charge in [-0.1, -0.05) is 18.6 Å². The fourth-order valence-corrected chi connectivity index (χ4v) is 4.90. The van der Waals surface area contributed by atoms with Crippen molar-refractivity contribution < 1.29 is 8.42 Å². The molecule has 1 heterocycles. The first kappa shape index (κ1) is 19.8. The highest BCUT2D eigenvalue weighted by Crippen LogP contribution is 2.23. The van der Waals surface area contributed by atoms with Gasteiger partial charge in [0, 0.05) is 24.5 Å². The topological polar surface area (TPSA) is 61.4 Å². The summed E-state index contributed by atoms with van der Waals surface area (Å²) in [6, 6.07) is 12.8. The van der Waals surface area contributed by atoms with Crippen molar-refractivity contribution in [2.24, 2.45) is 0 Å². The first-order chi connectivity index (χ1) is 12.9. The van der Waals surface area contributed by atoms with E-state index >= 15 is 0 Å². The van der Waals surface area contributed by atoms with E-state index in [1.165, 1.54) is 11.1 Å². The molecular formula is C20H25N3O2S2. The van der Waals surface area contributed by atoms with E-state index in [-0.39, 0.29) is 0 Å². The third-order valence-electron chi connectivity index (χ3n) is 4.81. The molecule has 2 aromatic carbocycles. The van der Waals surface area contributed by atoms with Crippen LogP contribution in [-0.4, -0.2) is 30.9 Å². The molecule has 0 unspecified atom stereocenters. The average molecular weight is 404 g/mol. The molecule has 0 aliphatic carbocycles. The maximum atomic E-state index is 12.8. The molecule has 0 aromatic heterocycles. The number of nitrogens with zero attached hydrogens (tertiary/aromatic N) is 1. The van der Waals surface area contributed by atoms with Crippen molar-refractivity contribution in [1.82, 2.24) is 4.31 Å². The van der Waals surface area contributed by atoms with E-state index < -0.39 is 10.0 Å². The van der Waals surface area contributed by atoms with E-state index in [1.807, 2.05) is 31.2 Å². The van der Waals surface area contributed by atoms with Gasteiger partial charge in [0.2, 0.25) is 10.0 Å². The fourth-order valence-electron chi connectivity index (χ4n) is 3.10. The number of thiocarbonyl (C=S) groups is 1. The Labute approximate surface area is 166 Å². The normalized spacial score (nSPS) is 15.3. The Morgan fingerprint density at radius 2 is 1.59 bits per heavy atom. The summed E-state index contributed by atoms with van der Waals surface area (Å²) in [6.07, 6.45) is 2.92. The number of sulfonamides is 1. The number of anilines is 2. The number of piperidine rings is 1. The maximum Gasteiger partial charge on any atom is 0.243 e. The number of hydrogen-bond acceptors (Lipinski definition) is 3. The molecule has 7 heteroatoms. The maximum absolute atomic E-state index is 12.8. The first-order valence-corrected chi connectivity index (χ1v) is 11.0. The number of rotatable bonds is 4. The highest BCUT2D eigenvalue weighted by Gasteiger charge is 2.26. The van der Waals surface area contributed by atoms with E-state index in [4.69, 9.17) is 12.2 Å². The molecule has 27 heavy (non-hydrogen) atoms. The molecule has 1 saturated heterocycles. The summed E-state index contributed by atoms with van der Waals surface area (Å²) in [5, 5.41) is 6.64. The Balaban J connectivity index is 1.71. The molecule has 3 rings (SSSR count). The number of hydrogen-bond donors (Lipinski definition) is 2. The summed E-state index contributed by atoms with van der Waals surface area (Å²) in [6.45, 7) is 5.29. The van der Waals surface area contributed by atoms with Crippen LogP contribution in [0.3, 0.4) is 0 Å². The molecule has 0 amide bonds. The lowest BCUT2D eigenvalue weighted by Gasteiger charge is -2.26. The molecule has 5 nitrogen and oxygen atoms in total. The summed E-state index contributed by atoms with van der Waals surface area (Å²) in [5.41, 5.74) is 3.94. The van der Waals surface area contributed by atoms with Crippen LogP contribution in [0, 0.1) is 13.8 Å². The Bertz CT molecular complexity index is 936. The van der Waals surface area contributed by atoms with Crippen LogP contribution in [0.4, 0.5) is 11.4 Å². The van der Waals surface area contributed by atoms with E-state index in [9.17, 15) is 8.42 Å². The van der Waals surface area contributed by atoms with Gasteiger partial charge in [-0.05, 0) is 80.4 Å². The quantitative estimate of drug-likeness (QED) is 0.746. The van der Waals surface area contributed by atoms with E-state index in [2.05, 4.69) is 17.6 Å². The lowest BCUT2D eigenvalue weighted by Crippen LogP contribution is -2.35. The highest BCUT2D eigenvalue weighted by molar-refractivity contribution is 7.89. The molecule has 0 saturated carbocycles. The summed E-state index contributed by atoms with van der Waals surface area (Å²) in [4.78, 5) is 0.295. The van der Waals surface area contributed by atoms with Gasteiger partial charge in [0.05, 0.1) is 4.90 Å². The van der Waals surface area contributed by atoms with E-state index in [1.54, 1.807) is 22.5 Å². The van der Waals surface area contributed by atoms with Gasteiger partial charge in [0.25, 0.3) is 0 Å². The van der Waals surface area contributed by atoms with Gasteiger partial charge in [0.1, 0.15) is 0 Å². The van der Waals surface area contributed by atoms with Gasteiger partial charge in [-0.25, -0.2) is 8.42 Å². The summed E-state index contributed by atoms with van der Waals surface area (Å²) in [5.74, 6) is 0. The standard InChI is InChI=1S/C20H25N3O2S2/c1-15-9-10-18(13-16(15)2)22-20(26)21-17-7-6-8-19(14-17)27(24,25)23-11-4-3-5-12-23/h6-10,13-14H,3-5,11-12H2,1-2H3,(H2,21,22,26). The molecule has 1 aliphatic rings. The van der Waals surface area contributed by atoms with Crippen molar-refractivity contribution in [1.29, 1.82) is 0 Å². The molecule has 0 radical (unpaired) electrons. The Kier molecular flexibility index (Phi) is 6.14. The minimum atomic E-state index is -3.46.